The molecule has 14 heavy (non-hydrogen) atoms. The summed E-state index contributed by atoms with van der Waals surface area (Å²) in [6.07, 6.45) is 2.25. The van der Waals surface area contributed by atoms with E-state index in [9.17, 15) is 4.79 Å². The van der Waals surface area contributed by atoms with Gasteiger partial charge in [0.05, 0.1) is 0 Å². The lowest BCUT2D eigenvalue weighted by molar-refractivity contribution is -0.116. The molecule has 0 aromatic carbocycles. The van der Waals surface area contributed by atoms with Crippen LogP contribution in [0.15, 0.2) is 0 Å². The molecule has 0 aromatic rings. The highest BCUT2D eigenvalue weighted by Crippen LogP contribution is 2.99. The molecule has 0 heterocycles. The molecule has 1 nitrogen and oxygen atoms in total. The highest BCUT2D eigenvalue weighted by atomic mass is 33.3. The average Bonchev–Trinajstić information content (AvgIpc) is 2.01. The molecular weight excluding hydrogens is 325 g/mol. The summed E-state index contributed by atoms with van der Waals surface area (Å²) in [5, 5.41) is 0.235. The number of Topliss-reactive ketones (excluding diaryl/α,β-unsaturated/α-hetero) is 1. The van der Waals surface area contributed by atoms with E-state index in [4.69, 9.17) is 0 Å². The Kier molecular flexibility index (Phi) is 9.96. The van der Waals surface area contributed by atoms with E-state index in [0.717, 1.165) is 0 Å². The fourth-order valence-corrected chi connectivity index (χ4v) is 58.1. The third kappa shape index (κ3) is 5.58. The van der Waals surface area contributed by atoms with Gasteiger partial charge in [-0.1, -0.05) is 35.7 Å². The van der Waals surface area contributed by atoms with E-state index < -0.39 is 0 Å². The van der Waals surface area contributed by atoms with Gasteiger partial charge in [0.15, 0.2) is 17.5 Å². The van der Waals surface area contributed by atoms with Crippen molar-refractivity contribution in [3.63, 3.8) is 0 Å². The van der Waals surface area contributed by atoms with Gasteiger partial charge in [-0.3, -0.25) is 4.79 Å². The van der Waals surface area contributed by atoms with E-state index in [0.29, 0.717) is 5.78 Å². The number of ketones is 1. The van der Waals surface area contributed by atoms with Crippen LogP contribution in [0, 0.1) is 0 Å². The quantitative estimate of drug-likeness (QED) is 0.528. The van der Waals surface area contributed by atoms with E-state index in [-0.39, 0.29) is 36.2 Å². The molecule has 0 bridgehead atoms. The Morgan fingerprint density at radius 1 is 1.21 bits per heavy atom. The van der Waals surface area contributed by atoms with Gasteiger partial charge in [-0.25, -0.2) is 0 Å². The molecule has 0 aromatic heterocycles. The summed E-state index contributed by atoms with van der Waals surface area (Å²) in [7, 11) is 12.0. The van der Waals surface area contributed by atoms with Crippen molar-refractivity contribution in [1.29, 1.82) is 0 Å². The topological polar surface area (TPSA) is 17.1 Å². The van der Waals surface area contributed by atoms with Crippen molar-refractivity contribution in [1.82, 2.24) is 0 Å². The Morgan fingerprint density at radius 3 is 1.79 bits per heavy atom. The summed E-state index contributed by atoms with van der Waals surface area (Å²) in [6, 6.07) is 0. The van der Waals surface area contributed by atoms with Gasteiger partial charge in [0.1, 0.15) is 6.26 Å². The van der Waals surface area contributed by atoms with Crippen LogP contribution < -0.4 is 0 Å². The smallest absolute Gasteiger partial charge is 0.182 e. The highest BCUT2D eigenvalue weighted by Gasteiger charge is 2.40. The normalized spacial score (nSPS) is 16.4. The predicted octanol–water partition coefficient (Wildman–Crippen LogP) is 4.56. The van der Waals surface area contributed by atoms with Crippen LogP contribution in [0.2, 0.25) is 0 Å². The summed E-state index contributed by atoms with van der Waals surface area (Å²) < 4.78 is 0. The number of rotatable bonds is 5. The molecule has 0 aliphatic rings. The van der Waals surface area contributed by atoms with Crippen molar-refractivity contribution >= 4 is 72.5 Å². The Hall–Kier alpha value is 3.03. The molecule has 0 aliphatic heterocycles. The van der Waals surface area contributed by atoms with E-state index in [2.05, 4.69) is 48.9 Å². The van der Waals surface area contributed by atoms with Gasteiger partial charge in [0.25, 0.3) is 0 Å². The van der Waals surface area contributed by atoms with Crippen molar-refractivity contribution in [3.8, 4) is 0 Å². The van der Waals surface area contributed by atoms with Crippen LogP contribution in [0.5, 0.6) is 0 Å². The highest BCUT2D eigenvalue weighted by molar-refractivity contribution is 9.14. The van der Waals surface area contributed by atoms with Crippen LogP contribution in [-0.2, 0) is 15.3 Å². The Labute approximate surface area is 102 Å². The summed E-state index contributed by atoms with van der Waals surface area (Å²) >= 11 is 0. The number of carbonyl (C=O) groups excluding carboxylic acids is 1. The lowest BCUT2D eigenvalue weighted by Crippen LogP contribution is -2.21. The molecule has 9 heteroatoms. The van der Waals surface area contributed by atoms with Gasteiger partial charge >= 0.3 is 0 Å². The molecule has 0 N–H and O–H groups in total. The minimum atomic E-state index is -0.0546. The van der Waals surface area contributed by atoms with E-state index in [1.54, 1.807) is 6.92 Å². The second kappa shape index (κ2) is 8.19. The first-order valence-electron chi connectivity index (χ1n) is 3.83. The largest absolute Gasteiger partial charge is 0.294 e. The van der Waals surface area contributed by atoms with Crippen LogP contribution in [0.1, 0.15) is 13.8 Å². The first-order chi connectivity index (χ1) is 6.29. The lowest BCUT2D eigenvalue weighted by Gasteiger charge is -2.24. The van der Waals surface area contributed by atoms with Gasteiger partial charge < -0.3 is 0 Å². The number of hydrogen-bond acceptors (Lipinski definition) is 1. The molecule has 6 unspecified atom stereocenters. The van der Waals surface area contributed by atoms with Gasteiger partial charge in [-0.15, -0.1) is 0 Å². The van der Waals surface area contributed by atoms with Gasteiger partial charge in [-0.2, -0.15) is 0 Å². The zero-order valence-corrected chi connectivity index (χ0v) is 16.7. The fourth-order valence-electron chi connectivity index (χ4n) is 0.798. The molecule has 0 saturated carbocycles. The monoisotopic (exact) mass is 343 g/mol. The van der Waals surface area contributed by atoms with Crippen molar-refractivity contribution in [2.45, 2.75) is 19.1 Å². The summed E-state index contributed by atoms with van der Waals surface area (Å²) in [4.78, 5) is 11.3. The molecule has 0 amide bonds. The van der Waals surface area contributed by atoms with E-state index in [1.807, 2.05) is 0 Å². The van der Waals surface area contributed by atoms with Gasteiger partial charge in [-0.05, 0) is 13.8 Å². The molecule has 84 valence electrons. The van der Waals surface area contributed by atoms with Crippen LogP contribution in [0.4, 0.5) is 0 Å². The zero-order valence-electron chi connectivity index (χ0n) is 8.54. The third-order valence-corrected chi connectivity index (χ3v) is 42.3. The van der Waals surface area contributed by atoms with Crippen molar-refractivity contribution in [3.05, 3.63) is 0 Å². The lowest BCUT2D eigenvalue weighted by atomic mass is 10.3. The maximum absolute atomic E-state index is 11.3. The van der Waals surface area contributed by atoms with Crippen molar-refractivity contribution in [2.24, 2.45) is 0 Å². The molecule has 0 spiro atoms. The Balaban J connectivity index is 4.59. The molecule has 0 radical (unpaired) electrons. The third-order valence-electron chi connectivity index (χ3n) is 1.74. The Bertz CT molecular complexity index is 191. The molecule has 0 rings (SSSR count). The maximum atomic E-state index is 11.3. The molecule has 0 aliphatic carbocycles. The summed E-state index contributed by atoms with van der Waals surface area (Å²) in [6.45, 7) is 3.65. The molecule has 0 saturated heterocycles. The molecular formula is C5H18OP7S+. The number of hydrogen-bond donors (Lipinski definition) is 0. The SMILES string of the molecule is CC(=O)C(C)[S+](C)P(P(P)P)P(P)P. The minimum absolute atomic E-state index is 0.0233. The second-order valence-electron chi connectivity index (χ2n) is 2.79. The zero-order chi connectivity index (χ0) is 11.5. The van der Waals surface area contributed by atoms with Crippen molar-refractivity contribution < 1.29 is 4.79 Å². The summed E-state index contributed by atoms with van der Waals surface area (Å²) in [5.74, 6) is 0.335. The van der Waals surface area contributed by atoms with E-state index >= 15 is 0 Å². The Morgan fingerprint density at radius 2 is 1.57 bits per heavy atom. The standard InChI is InChI=1S/C5H18OP7S/c1-4(6)5(2)14(3)13(11(7)8)12(9)10/h5H,7-10H2,1-3H3/q+1. The fraction of sp³-hybridized carbons (Fsp3) is 0.800. The number of carbonyl (C=O) groups is 1. The molecule has 6 atom stereocenters. The minimum Gasteiger partial charge on any atom is -0.294 e. The van der Waals surface area contributed by atoms with Crippen LogP contribution in [0.3, 0.4) is 0 Å². The first-order valence-corrected chi connectivity index (χ1v) is 18.0. The van der Waals surface area contributed by atoms with Gasteiger partial charge in [0.2, 0.25) is 0 Å². The van der Waals surface area contributed by atoms with E-state index in [1.165, 1.54) is 0 Å². The molecule has 0 fully saturated rings. The van der Waals surface area contributed by atoms with Crippen LogP contribution in [-0.4, -0.2) is 17.3 Å². The van der Waals surface area contributed by atoms with Crippen molar-refractivity contribution in [2.75, 3.05) is 6.26 Å². The van der Waals surface area contributed by atoms with Gasteiger partial charge in [0, 0.05) is 24.5 Å². The predicted molar refractivity (Wildman–Crippen MR) is 93.0 cm³/mol. The summed E-state index contributed by atoms with van der Waals surface area (Å²) in [5.41, 5.74) is 0. The maximum Gasteiger partial charge on any atom is 0.182 e. The first kappa shape index (κ1) is 17.0. The van der Waals surface area contributed by atoms with Crippen LogP contribution >= 0.6 is 56.2 Å². The van der Waals surface area contributed by atoms with Crippen LogP contribution in [0.25, 0.3) is 0 Å². The second-order valence-corrected chi connectivity index (χ2v) is 32.6. The average molecular weight is 343 g/mol.